The summed E-state index contributed by atoms with van der Waals surface area (Å²) in [5, 5.41) is 2.80. The van der Waals surface area contributed by atoms with Crippen LogP contribution in [0.2, 0.25) is 5.02 Å². The maximum Gasteiger partial charge on any atom is 0.232 e. The van der Waals surface area contributed by atoms with Gasteiger partial charge in [-0.1, -0.05) is 29.8 Å². The number of ether oxygens (including phenoxy) is 2. The van der Waals surface area contributed by atoms with Crippen LogP contribution in [0.1, 0.15) is 37.5 Å². The van der Waals surface area contributed by atoms with E-state index in [1.807, 2.05) is 61.7 Å². The van der Waals surface area contributed by atoms with Crippen LogP contribution in [0.5, 0.6) is 11.5 Å². The number of rotatable bonds is 4. The highest BCUT2D eigenvalue weighted by Gasteiger charge is 2.35. The van der Waals surface area contributed by atoms with E-state index in [1.165, 1.54) is 0 Å². The molecule has 2 aliphatic heterocycles. The van der Waals surface area contributed by atoms with Crippen molar-refractivity contribution in [1.29, 1.82) is 0 Å². The fourth-order valence-electron chi connectivity index (χ4n) is 4.05. The predicted octanol–water partition coefficient (Wildman–Crippen LogP) is 6.03. The summed E-state index contributed by atoms with van der Waals surface area (Å²) >= 11 is 7.91. The van der Waals surface area contributed by atoms with E-state index < -0.39 is 0 Å². The Balaban J connectivity index is 1.41. The van der Waals surface area contributed by atoms with E-state index in [-0.39, 0.29) is 5.78 Å². The molecule has 0 radical (unpaired) electrons. The average molecular weight is 452 g/mol. The molecule has 1 aromatic heterocycles. The number of Topliss-reactive ketones (excluding diaryl/α,β-unsaturated/α-hetero) is 1. The number of aryl methyl sites for hydroxylation is 2. The molecule has 0 N–H and O–H groups in total. The van der Waals surface area contributed by atoms with Gasteiger partial charge >= 0.3 is 0 Å². The zero-order valence-corrected chi connectivity index (χ0v) is 19.0. The standard InChI is InChI=1S/C25H22ClNO3S/c1-15-8-10-31-22(15)12-21-24(28)23-16(2)11-20-18(25(23)30-21)13-27(14-29-20)9-7-17-5-3-4-6-19(17)26/h3-6,8,10-12H,7,9,13-14H2,1-2H3/b21-12-. The number of carbonyl (C=O) groups excluding carboxylic acids is 1. The van der Waals surface area contributed by atoms with E-state index in [9.17, 15) is 4.79 Å². The van der Waals surface area contributed by atoms with Crippen LogP contribution >= 0.6 is 22.9 Å². The molecule has 6 heteroatoms. The van der Waals surface area contributed by atoms with Crippen LogP contribution in [0, 0.1) is 13.8 Å². The van der Waals surface area contributed by atoms with Gasteiger partial charge in [0.15, 0.2) is 5.76 Å². The van der Waals surface area contributed by atoms with E-state index in [0.29, 0.717) is 30.3 Å². The Morgan fingerprint density at radius 3 is 2.81 bits per heavy atom. The lowest BCUT2D eigenvalue weighted by atomic mass is 9.98. The number of allylic oxidation sites excluding steroid dienone is 1. The van der Waals surface area contributed by atoms with Crippen molar-refractivity contribution < 1.29 is 14.3 Å². The van der Waals surface area contributed by atoms with Gasteiger partial charge in [0.2, 0.25) is 5.78 Å². The van der Waals surface area contributed by atoms with Gasteiger partial charge in [-0.25, -0.2) is 0 Å². The van der Waals surface area contributed by atoms with Gasteiger partial charge in [0, 0.05) is 29.1 Å². The van der Waals surface area contributed by atoms with Gasteiger partial charge < -0.3 is 9.47 Å². The van der Waals surface area contributed by atoms with Crippen molar-refractivity contribution in [2.75, 3.05) is 13.3 Å². The van der Waals surface area contributed by atoms with Crippen molar-refractivity contribution >= 4 is 34.8 Å². The molecule has 0 amide bonds. The Morgan fingerprint density at radius 1 is 1.19 bits per heavy atom. The molecule has 2 aromatic carbocycles. The SMILES string of the molecule is Cc1ccsc1/C=C1\Oc2c3c(cc(C)c2C1=O)OCN(CCc1ccccc1Cl)C3. The minimum atomic E-state index is -0.0590. The Morgan fingerprint density at radius 2 is 2.03 bits per heavy atom. The second-order valence-corrected chi connectivity index (χ2v) is 9.30. The first-order valence-electron chi connectivity index (χ1n) is 10.2. The van der Waals surface area contributed by atoms with Gasteiger partial charge in [0.05, 0.1) is 11.1 Å². The molecule has 3 aromatic rings. The topological polar surface area (TPSA) is 38.8 Å². The molecule has 0 atom stereocenters. The normalized spacial score (nSPS) is 16.7. The first kappa shape index (κ1) is 20.3. The van der Waals surface area contributed by atoms with Crippen LogP contribution < -0.4 is 9.47 Å². The lowest BCUT2D eigenvalue weighted by Crippen LogP contribution is -2.34. The van der Waals surface area contributed by atoms with E-state index in [4.69, 9.17) is 21.1 Å². The van der Waals surface area contributed by atoms with Crippen molar-refractivity contribution in [1.82, 2.24) is 4.90 Å². The van der Waals surface area contributed by atoms with Crippen molar-refractivity contribution in [3.63, 3.8) is 0 Å². The van der Waals surface area contributed by atoms with Crippen LogP contribution in [0.15, 0.2) is 47.5 Å². The Labute approximate surface area is 190 Å². The highest BCUT2D eigenvalue weighted by Crippen LogP contribution is 2.44. The molecule has 0 bridgehead atoms. The molecule has 0 saturated heterocycles. The van der Waals surface area contributed by atoms with Gasteiger partial charge in [-0.2, -0.15) is 0 Å². The van der Waals surface area contributed by atoms with Crippen LogP contribution in [-0.2, 0) is 13.0 Å². The molecule has 3 heterocycles. The fourth-order valence-corrected chi connectivity index (χ4v) is 5.13. The van der Waals surface area contributed by atoms with Crippen LogP contribution in [0.25, 0.3) is 6.08 Å². The molecular formula is C25H22ClNO3S. The summed E-state index contributed by atoms with van der Waals surface area (Å²) in [6.45, 7) is 5.94. The second-order valence-electron chi connectivity index (χ2n) is 7.95. The van der Waals surface area contributed by atoms with E-state index >= 15 is 0 Å². The van der Waals surface area contributed by atoms with Crippen LogP contribution in [0.4, 0.5) is 0 Å². The van der Waals surface area contributed by atoms with E-state index in [0.717, 1.165) is 50.9 Å². The largest absolute Gasteiger partial charge is 0.478 e. The quantitative estimate of drug-likeness (QED) is 0.454. The minimum absolute atomic E-state index is 0.0590. The average Bonchev–Trinajstić information content (AvgIpc) is 3.31. The summed E-state index contributed by atoms with van der Waals surface area (Å²) in [5.74, 6) is 1.76. The lowest BCUT2D eigenvalue weighted by molar-refractivity contribution is 0.0949. The molecule has 4 nitrogen and oxygen atoms in total. The third-order valence-corrected chi connectivity index (χ3v) is 7.14. The Kier molecular flexibility index (Phi) is 5.34. The predicted molar refractivity (Wildman–Crippen MR) is 124 cm³/mol. The monoisotopic (exact) mass is 451 g/mol. The zero-order chi connectivity index (χ0) is 21.5. The number of hydrogen-bond donors (Lipinski definition) is 0. The second kappa shape index (κ2) is 8.15. The first-order valence-corrected chi connectivity index (χ1v) is 11.5. The summed E-state index contributed by atoms with van der Waals surface area (Å²) in [5.41, 5.74) is 4.72. The van der Waals surface area contributed by atoms with Gasteiger partial charge in [0.25, 0.3) is 0 Å². The van der Waals surface area contributed by atoms with Gasteiger partial charge in [-0.3, -0.25) is 9.69 Å². The summed E-state index contributed by atoms with van der Waals surface area (Å²) < 4.78 is 12.2. The first-order chi connectivity index (χ1) is 15.0. The number of benzene rings is 2. The highest BCUT2D eigenvalue weighted by molar-refractivity contribution is 7.11. The van der Waals surface area contributed by atoms with Crippen LogP contribution in [-0.4, -0.2) is 24.0 Å². The third kappa shape index (κ3) is 3.78. The van der Waals surface area contributed by atoms with E-state index in [1.54, 1.807) is 11.3 Å². The van der Waals surface area contributed by atoms with Crippen LogP contribution in [0.3, 0.4) is 0 Å². The maximum atomic E-state index is 13.1. The number of halogens is 1. The summed E-state index contributed by atoms with van der Waals surface area (Å²) in [7, 11) is 0. The van der Waals surface area contributed by atoms with Crippen molar-refractivity contribution in [3.05, 3.63) is 85.3 Å². The van der Waals surface area contributed by atoms with Crippen molar-refractivity contribution in [2.24, 2.45) is 0 Å². The number of fused-ring (bicyclic) bond motifs is 3. The molecule has 5 rings (SSSR count). The summed E-state index contributed by atoms with van der Waals surface area (Å²) in [4.78, 5) is 16.4. The Bertz CT molecular complexity index is 1210. The molecular weight excluding hydrogens is 430 g/mol. The number of carbonyl (C=O) groups is 1. The summed E-state index contributed by atoms with van der Waals surface area (Å²) in [6.07, 6.45) is 2.68. The molecule has 0 unspecified atom stereocenters. The van der Waals surface area contributed by atoms with Gasteiger partial charge in [-0.05, 0) is 60.5 Å². The number of nitrogens with zero attached hydrogens (tertiary/aromatic N) is 1. The Hall–Kier alpha value is -2.60. The number of ketones is 1. The lowest BCUT2D eigenvalue weighted by Gasteiger charge is -2.30. The molecule has 0 spiro atoms. The molecule has 0 aliphatic carbocycles. The van der Waals surface area contributed by atoms with Gasteiger partial charge in [0.1, 0.15) is 18.2 Å². The van der Waals surface area contributed by atoms with Crippen molar-refractivity contribution in [2.45, 2.75) is 26.8 Å². The molecule has 0 saturated carbocycles. The minimum Gasteiger partial charge on any atom is -0.478 e. The van der Waals surface area contributed by atoms with Crippen molar-refractivity contribution in [3.8, 4) is 11.5 Å². The third-order valence-electron chi connectivity index (χ3n) is 5.81. The molecule has 0 fully saturated rings. The zero-order valence-electron chi connectivity index (χ0n) is 17.4. The van der Waals surface area contributed by atoms with Gasteiger partial charge in [-0.15, -0.1) is 11.3 Å². The molecule has 2 aliphatic rings. The number of hydrogen-bond acceptors (Lipinski definition) is 5. The maximum absolute atomic E-state index is 13.1. The fraction of sp³-hybridized carbons (Fsp3) is 0.240. The molecule has 31 heavy (non-hydrogen) atoms. The van der Waals surface area contributed by atoms with E-state index in [2.05, 4.69) is 4.90 Å². The highest BCUT2D eigenvalue weighted by atomic mass is 35.5. The summed E-state index contributed by atoms with van der Waals surface area (Å²) in [6, 6.07) is 11.9. The number of thiophene rings is 1. The molecule has 158 valence electrons. The smallest absolute Gasteiger partial charge is 0.232 e.